The van der Waals surface area contributed by atoms with Crippen molar-refractivity contribution in [2.75, 3.05) is 0 Å². The molecule has 2 heteroatoms. The van der Waals surface area contributed by atoms with Crippen LogP contribution in [0, 0.1) is 11.8 Å². The van der Waals surface area contributed by atoms with Crippen molar-refractivity contribution in [3.8, 4) is 0 Å². The fourth-order valence-corrected chi connectivity index (χ4v) is 3.14. The first-order valence-corrected chi connectivity index (χ1v) is 6.73. The molecule has 1 aliphatic rings. The van der Waals surface area contributed by atoms with Crippen LogP contribution in [0.2, 0.25) is 0 Å². The van der Waals surface area contributed by atoms with Gasteiger partial charge in [-0.05, 0) is 30.7 Å². The van der Waals surface area contributed by atoms with Crippen molar-refractivity contribution in [2.45, 2.75) is 39.2 Å². The molecule has 0 spiro atoms. The van der Waals surface area contributed by atoms with Gasteiger partial charge in [0.25, 0.3) is 0 Å². The summed E-state index contributed by atoms with van der Waals surface area (Å²) in [6.45, 7) is 3.48. The molecule has 3 rings (SSSR count). The molecule has 2 nitrogen and oxygen atoms in total. The maximum atomic E-state index is 4.53. The predicted molar refractivity (Wildman–Crippen MR) is 70.9 cm³/mol. The van der Waals surface area contributed by atoms with Gasteiger partial charge in [-0.25, -0.2) is 0 Å². The zero-order valence-electron chi connectivity index (χ0n) is 10.5. The van der Waals surface area contributed by atoms with Gasteiger partial charge in [-0.15, -0.1) is 0 Å². The van der Waals surface area contributed by atoms with E-state index in [1.807, 2.05) is 6.20 Å². The highest BCUT2D eigenvalue weighted by Crippen LogP contribution is 2.30. The molecule has 1 aromatic carbocycles. The highest BCUT2D eigenvalue weighted by atomic mass is 15.3. The molecule has 0 radical (unpaired) electrons. The summed E-state index contributed by atoms with van der Waals surface area (Å²) in [6, 6.07) is 8.50. The molecule has 17 heavy (non-hydrogen) atoms. The van der Waals surface area contributed by atoms with Crippen molar-refractivity contribution in [3.63, 3.8) is 0 Å². The molecule has 0 unspecified atom stereocenters. The Bertz CT molecular complexity index is 500. The summed E-state index contributed by atoms with van der Waals surface area (Å²) in [4.78, 5) is 0. The summed E-state index contributed by atoms with van der Waals surface area (Å²) in [5, 5.41) is 5.79. The highest BCUT2D eigenvalue weighted by Gasteiger charge is 2.19. The minimum absolute atomic E-state index is 0.821. The van der Waals surface area contributed by atoms with Gasteiger partial charge in [-0.2, -0.15) is 5.10 Å². The van der Waals surface area contributed by atoms with Crippen LogP contribution in [0.5, 0.6) is 0 Å². The number of benzene rings is 1. The first kappa shape index (κ1) is 10.8. The molecular weight excluding hydrogens is 208 g/mol. The van der Waals surface area contributed by atoms with E-state index in [1.165, 1.54) is 36.6 Å². The second kappa shape index (κ2) is 4.52. The third-order valence-electron chi connectivity index (χ3n) is 4.03. The van der Waals surface area contributed by atoms with Crippen LogP contribution in [0.1, 0.15) is 32.6 Å². The fourth-order valence-electron chi connectivity index (χ4n) is 3.14. The lowest BCUT2D eigenvalue weighted by atomic mass is 9.82. The van der Waals surface area contributed by atoms with Crippen LogP contribution < -0.4 is 0 Å². The van der Waals surface area contributed by atoms with Gasteiger partial charge in [0, 0.05) is 11.9 Å². The van der Waals surface area contributed by atoms with Gasteiger partial charge >= 0.3 is 0 Å². The first-order chi connectivity index (χ1) is 8.33. The molecule has 1 heterocycles. The van der Waals surface area contributed by atoms with Crippen molar-refractivity contribution in [1.82, 2.24) is 9.78 Å². The SMILES string of the molecule is C[C@@H]1CCC[C@H](Cn2ncc3ccccc32)C1. The van der Waals surface area contributed by atoms with Crippen LogP contribution in [-0.4, -0.2) is 9.78 Å². The van der Waals surface area contributed by atoms with Gasteiger partial charge in [0.15, 0.2) is 0 Å². The van der Waals surface area contributed by atoms with Gasteiger partial charge in [0.05, 0.1) is 11.7 Å². The van der Waals surface area contributed by atoms with Gasteiger partial charge in [-0.1, -0.05) is 38.0 Å². The van der Waals surface area contributed by atoms with Crippen LogP contribution in [0.15, 0.2) is 30.5 Å². The summed E-state index contributed by atoms with van der Waals surface area (Å²) in [6.07, 6.45) is 7.54. The number of para-hydroxylation sites is 1. The van der Waals surface area contributed by atoms with Crippen molar-refractivity contribution in [3.05, 3.63) is 30.5 Å². The standard InChI is InChI=1S/C15H20N2/c1-12-5-4-6-13(9-12)11-17-15-8-3-2-7-14(15)10-16-17/h2-3,7-8,10,12-13H,4-6,9,11H2,1H3/t12-,13+/m1/s1. The maximum absolute atomic E-state index is 4.53. The Morgan fingerprint density at radius 3 is 3.06 bits per heavy atom. The van der Waals surface area contributed by atoms with Crippen molar-refractivity contribution in [2.24, 2.45) is 11.8 Å². The largest absolute Gasteiger partial charge is 0.265 e. The zero-order chi connectivity index (χ0) is 11.7. The Morgan fingerprint density at radius 2 is 2.18 bits per heavy atom. The second-order valence-electron chi connectivity index (χ2n) is 5.52. The summed E-state index contributed by atoms with van der Waals surface area (Å²) in [5.41, 5.74) is 1.28. The Balaban J connectivity index is 1.80. The van der Waals surface area contributed by atoms with E-state index in [-0.39, 0.29) is 0 Å². The molecule has 1 aliphatic carbocycles. The summed E-state index contributed by atoms with van der Waals surface area (Å²) in [7, 11) is 0. The number of nitrogens with zero attached hydrogens (tertiary/aromatic N) is 2. The van der Waals surface area contributed by atoms with Gasteiger partial charge in [0.1, 0.15) is 0 Å². The summed E-state index contributed by atoms with van der Waals surface area (Å²) < 4.78 is 2.19. The van der Waals surface area contributed by atoms with E-state index in [0.717, 1.165) is 18.4 Å². The van der Waals surface area contributed by atoms with E-state index >= 15 is 0 Å². The van der Waals surface area contributed by atoms with Crippen molar-refractivity contribution < 1.29 is 0 Å². The van der Waals surface area contributed by atoms with Crippen LogP contribution >= 0.6 is 0 Å². The second-order valence-corrected chi connectivity index (χ2v) is 5.52. The molecule has 2 atom stereocenters. The molecular formula is C15H20N2. The van der Waals surface area contributed by atoms with Crippen LogP contribution in [0.3, 0.4) is 0 Å². The third kappa shape index (κ3) is 2.21. The third-order valence-corrected chi connectivity index (χ3v) is 4.03. The number of hydrogen-bond donors (Lipinski definition) is 0. The topological polar surface area (TPSA) is 17.8 Å². The molecule has 2 aromatic rings. The lowest BCUT2D eigenvalue weighted by Crippen LogP contribution is -2.19. The van der Waals surface area contributed by atoms with Gasteiger partial charge in [0.2, 0.25) is 0 Å². The Hall–Kier alpha value is -1.31. The lowest BCUT2D eigenvalue weighted by molar-refractivity contribution is 0.252. The average Bonchev–Trinajstić information content (AvgIpc) is 2.73. The molecule has 0 bridgehead atoms. The zero-order valence-corrected chi connectivity index (χ0v) is 10.5. The lowest BCUT2D eigenvalue weighted by Gasteiger charge is -2.26. The smallest absolute Gasteiger partial charge is 0.0682 e. The van der Waals surface area contributed by atoms with Crippen LogP contribution in [0.25, 0.3) is 10.9 Å². The van der Waals surface area contributed by atoms with Gasteiger partial charge in [-0.3, -0.25) is 4.68 Å². The quantitative estimate of drug-likeness (QED) is 0.763. The number of rotatable bonds is 2. The minimum atomic E-state index is 0.821. The van der Waals surface area contributed by atoms with E-state index in [9.17, 15) is 0 Å². The van der Waals surface area contributed by atoms with E-state index in [2.05, 4.69) is 41.0 Å². The van der Waals surface area contributed by atoms with Crippen LogP contribution in [0.4, 0.5) is 0 Å². The van der Waals surface area contributed by atoms with Gasteiger partial charge < -0.3 is 0 Å². The maximum Gasteiger partial charge on any atom is 0.0682 e. The Labute approximate surface area is 103 Å². The molecule has 0 aliphatic heterocycles. The minimum Gasteiger partial charge on any atom is -0.265 e. The molecule has 1 saturated carbocycles. The Morgan fingerprint density at radius 1 is 1.29 bits per heavy atom. The molecule has 1 fully saturated rings. The predicted octanol–water partition coefficient (Wildman–Crippen LogP) is 3.86. The average molecular weight is 228 g/mol. The molecule has 0 amide bonds. The summed E-state index contributed by atoms with van der Waals surface area (Å²) in [5.74, 6) is 1.72. The first-order valence-electron chi connectivity index (χ1n) is 6.73. The highest BCUT2D eigenvalue weighted by molar-refractivity contribution is 5.78. The normalized spacial score (nSPS) is 25.2. The fraction of sp³-hybridized carbons (Fsp3) is 0.533. The van der Waals surface area contributed by atoms with Crippen molar-refractivity contribution in [1.29, 1.82) is 0 Å². The van der Waals surface area contributed by atoms with E-state index in [0.29, 0.717) is 0 Å². The van der Waals surface area contributed by atoms with E-state index in [4.69, 9.17) is 0 Å². The number of fused-ring (bicyclic) bond motifs is 1. The molecule has 90 valence electrons. The number of hydrogen-bond acceptors (Lipinski definition) is 1. The molecule has 0 N–H and O–H groups in total. The van der Waals surface area contributed by atoms with Crippen molar-refractivity contribution >= 4 is 10.9 Å². The van der Waals surface area contributed by atoms with E-state index < -0.39 is 0 Å². The monoisotopic (exact) mass is 228 g/mol. The van der Waals surface area contributed by atoms with E-state index in [1.54, 1.807) is 0 Å². The summed E-state index contributed by atoms with van der Waals surface area (Å²) >= 11 is 0. The number of aromatic nitrogens is 2. The van der Waals surface area contributed by atoms with Crippen LogP contribution in [-0.2, 0) is 6.54 Å². The molecule has 0 saturated heterocycles. The molecule has 1 aromatic heterocycles. The Kier molecular flexibility index (Phi) is 2.87.